The third-order valence-electron chi connectivity index (χ3n) is 3.53. The van der Waals surface area contributed by atoms with Crippen molar-refractivity contribution in [1.82, 2.24) is 19.9 Å². The highest BCUT2D eigenvalue weighted by molar-refractivity contribution is 5.87. The van der Waals surface area contributed by atoms with Crippen LogP contribution in [0.3, 0.4) is 0 Å². The highest BCUT2D eigenvalue weighted by atomic mass is 16.5. The minimum Gasteiger partial charge on any atom is -0.476 e. The Morgan fingerprint density at radius 1 is 1.24 bits per heavy atom. The first-order valence-electron chi connectivity index (χ1n) is 6.98. The predicted octanol–water partition coefficient (Wildman–Crippen LogP) is 0.520. The van der Waals surface area contributed by atoms with E-state index in [1.165, 1.54) is 4.68 Å². The summed E-state index contributed by atoms with van der Waals surface area (Å²) in [5.41, 5.74) is 0.378. The van der Waals surface area contributed by atoms with Gasteiger partial charge in [-0.3, -0.25) is 4.79 Å². The molecule has 0 aromatic carbocycles. The number of hydrogen-bond acceptors (Lipinski definition) is 5. The third-order valence-corrected chi connectivity index (χ3v) is 3.53. The molecule has 0 saturated carbocycles. The van der Waals surface area contributed by atoms with Crippen LogP contribution in [0, 0.1) is 0 Å². The number of nitrogens with zero attached hydrogens (tertiary/aromatic N) is 4. The minimum atomic E-state index is -1.13. The van der Waals surface area contributed by atoms with Gasteiger partial charge in [0.15, 0.2) is 5.69 Å². The van der Waals surface area contributed by atoms with Crippen LogP contribution < -0.4 is 0 Å². The molecule has 0 radical (unpaired) electrons. The standard InChI is InChI=1S/C13H20N4O4/c1-8(2)11-10(13(19)20)14-15-17(11)9(3)12(18)16-4-6-21-7-5-16/h8-9H,4-7H2,1-3H3,(H,19,20). The summed E-state index contributed by atoms with van der Waals surface area (Å²) in [7, 11) is 0. The summed E-state index contributed by atoms with van der Waals surface area (Å²) < 4.78 is 6.65. The fourth-order valence-electron chi connectivity index (χ4n) is 2.43. The van der Waals surface area contributed by atoms with Crippen LogP contribution in [0.4, 0.5) is 0 Å². The molecule has 1 saturated heterocycles. The van der Waals surface area contributed by atoms with Crippen LogP contribution in [-0.4, -0.2) is 63.2 Å². The number of carboxylic acids is 1. The largest absolute Gasteiger partial charge is 0.476 e. The van der Waals surface area contributed by atoms with E-state index in [0.717, 1.165) is 0 Å². The molecule has 1 N–H and O–H groups in total. The SMILES string of the molecule is CC(C)c1c(C(=O)O)nnn1C(C)C(=O)N1CCOCC1. The van der Waals surface area contributed by atoms with E-state index in [4.69, 9.17) is 9.84 Å². The molecule has 21 heavy (non-hydrogen) atoms. The van der Waals surface area contributed by atoms with Crippen molar-refractivity contribution in [3.8, 4) is 0 Å². The summed E-state index contributed by atoms with van der Waals surface area (Å²) in [5.74, 6) is -1.32. The van der Waals surface area contributed by atoms with Crippen LogP contribution in [0.1, 0.15) is 48.9 Å². The lowest BCUT2D eigenvalue weighted by atomic mass is 10.1. The number of carboxylic acid groups (broad SMARTS) is 1. The molecule has 0 aliphatic carbocycles. The number of ether oxygens (including phenoxy) is 1. The topological polar surface area (TPSA) is 97.5 Å². The number of amides is 1. The number of aromatic nitrogens is 3. The summed E-state index contributed by atoms with van der Waals surface area (Å²) >= 11 is 0. The van der Waals surface area contributed by atoms with Crippen molar-refractivity contribution in [3.63, 3.8) is 0 Å². The first-order valence-corrected chi connectivity index (χ1v) is 6.98. The lowest BCUT2D eigenvalue weighted by molar-refractivity contribution is -0.138. The number of carbonyl (C=O) groups is 2. The third kappa shape index (κ3) is 3.05. The predicted molar refractivity (Wildman–Crippen MR) is 73.2 cm³/mol. The van der Waals surface area contributed by atoms with Crippen LogP contribution in [0.15, 0.2) is 0 Å². The quantitative estimate of drug-likeness (QED) is 0.870. The van der Waals surface area contributed by atoms with Crippen molar-refractivity contribution in [3.05, 3.63) is 11.4 Å². The Balaban J connectivity index is 2.28. The number of carbonyl (C=O) groups excluding carboxylic acids is 1. The second-order valence-electron chi connectivity index (χ2n) is 5.34. The Hall–Kier alpha value is -1.96. The van der Waals surface area contributed by atoms with Gasteiger partial charge >= 0.3 is 5.97 Å². The molecule has 1 aliphatic rings. The molecule has 1 aromatic heterocycles. The molecule has 2 rings (SSSR count). The van der Waals surface area contributed by atoms with Crippen molar-refractivity contribution in [2.24, 2.45) is 0 Å². The Morgan fingerprint density at radius 2 is 1.86 bits per heavy atom. The van der Waals surface area contributed by atoms with E-state index in [0.29, 0.717) is 32.0 Å². The zero-order valence-corrected chi connectivity index (χ0v) is 12.4. The maximum atomic E-state index is 12.5. The summed E-state index contributed by atoms with van der Waals surface area (Å²) in [6.45, 7) is 7.55. The van der Waals surface area contributed by atoms with Gasteiger partial charge in [0.05, 0.1) is 18.9 Å². The molecule has 1 amide bonds. The maximum Gasteiger partial charge on any atom is 0.358 e. The zero-order valence-electron chi connectivity index (χ0n) is 12.4. The Bertz CT molecular complexity index is 534. The van der Waals surface area contributed by atoms with Gasteiger partial charge in [0.2, 0.25) is 5.91 Å². The van der Waals surface area contributed by atoms with E-state index in [-0.39, 0.29) is 17.5 Å². The number of morpholine rings is 1. The monoisotopic (exact) mass is 296 g/mol. The normalized spacial score (nSPS) is 17.0. The average molecular weight is 296 g/mol. The minimum absolute atomic E-state index is 0.0911. The second kappa shape index (κ2) is 6.21. The van der Waals surface area contributed by atoms with Gasteiger partial charge in [-0.2, -0.15) is 0 Å². The smallest absolute Gasteiger partial charge is 0.358 e. The van der Waals surface area contributed by atoms with E-state index in [1.54, 1.807) is 11.8 Å². The van der Waals surface area contributed by atoms with Gasteiger partial charge in [-0.1, -0.05) is 19.1 Å². The number of aromatic carboxylic acids is 1. The van der Waals surface area contributed by atoms with Crippen molar-refractivity contribution in [2.45, 2.75) is 32.7 Å². The van der Waals surface area contributed by atoms with Gasteiger partial charge in [0.1, 0.15) is 6.04 Å². The molecule has 1 aliphatic heterocycles. The molecule has 8 heteroatoms. The maximum absolute atomic E-state index is 12.5. The van der Waals surface area contributed by atoms with Gasteiger partial charge in [-0.15, -0.1) is 5.10 Å². The fraction of sp³-hybridized carbons (Fsp3) is 0.692. The van der Waals surface area contributed by atoms with Crippen LogP contribution in [0.2, 0.25) is 0 Å². The summed E-state index contributed by atoms with van der Waals surface area (Å²) in [6.07, 6.45) is 0. The molecule has 1 atom stereocenters. The summed E-state index contributed by atoms with van der Waals surface area (Å²) in [5, 5.41) is 16.8. The van der Waals surface area contributed by atoms with Gasteiger partial charge < -0.3 is 14.7 Å². The van der Waals surface area contributed by atoms with Gasteiger partial charge in [-0.25, -0.2) is 9.48 Å². The van der Waals surface area contributed by atoms with Gasteiger partial charge in [0, 0.05) is 13.1 Å². The average Bonchev–Trinajstić information content (AvgIpc) is 2.91. The summed E-state index contributed by atoms with van der Waals surface area (Å²) in [6, 6.07) is -0.582. The molecule has 0 spiro atoms. The van der Waals surface area contributed by atoms with Crippen molar-refractivity contribution in [2.75, 3.05) is 26.3 Å². The lowest BCUT2D eigenvalue weighted by Gasteiger charge is -2.29. The van der Waals surface area contributed by atoms with Crippen molar-refractivity contribution < 1.29 is 19.4 Å². The first-order chi connectivity index (χ1) is 9.93. The molecule has 0 bridgehead atoms. The molecule has 8 nitrogen and oxygen atoms in total. The molecule has 1 unspecified atom stereocenters. The zero-order chi connectivity index (χ0) is 15.6. The number of hydrogen-bond donors (Lipinski definition) is 1. The molecular weight excluding hydrogens is 276 g/mol. The van der Waals surface area contributed by atoms with E-state index in [1.807, 2.05) is 13.8 Å². The van der Waals surface area contributed by atoms with Gasteiger partial charge in [0.25, 0.3) is 0 Å². The molecule has 1 aromatic rings. The Morgan fingerprint density at radius 3 is 2.38 bits per heavy atom. The lowest BCUT2D eigenvalue weighted by Crippen LogP contribution is -2.44. The van der Waals surface area contributed by atoms with E-state index in [2.05, 4.69) is 10.3 Å². The Kier molecular flexibility index (Phi) is 4.56. The molecular formula is C13H20N4O4. The first kappa shape index (κ1) is 15.4. The Labute approximate surface area is 122 Å². The molecule has 2 heterocycles. The second-order valence-corrected chi connectivity index (χ2v) is 5.34. The molecule has 116 valence electrons. The van der Waals surface area contributed by atoms with Crippen LogP contribution in [0.5, 0.6) is 0 Å². The van der Waals surface area contributed by atoms with E-state index >= 15 is 0 Å². The van der Waals surface area contributed by atoms with Crippen LogP contribution in [0.25, 0.3) is 0 Å². The highest BCUT2D eigenvalue weighted by Gasteiger charge is 2.30. The van der Waals surface area contributed by atoms with Crippen molar-refractivity contribution in [1.29, 1.82) is 0 Å². The van der Waals surface area contributed by atoms with Crippen molar-refractivity contribution >= 4 is 11.9 Å². The van der Waals surface area contributed by atoms with Gasteiger partial charge in [-0.05, 0) is 12.8 Å². The molecule has 1 fully saturated rings. The highest BCUT2D eigenvalue weighted by Crippen LogP contribution is 2.22. The van der Waals surface area contributed by atoms with Crippen LogP contribution >= 0.6 is 0 Å². The van der Waals surface area contributed by atoms with E-state index in [9.17, 15) is 9.59 Å². The summed E-state index contributed by atoms with van der Waals surface area (Å²) in [4.78, 5) is 25.4. The number of rotatable bonds is 4. The fourth-order valence-corrected chi connectivity index (χ4v) is 2.43. The van der Waals surface area contributed by atoms with Crippen LogP contribution in [-0.2, 0) is 9.53 Å². The van der Waals surface area contributed by atoms with E-state index < -0.39 is 12.0 Å².